The summed E-state index contributed by atoms with van der Waals surface area (Å²) < 4.78 is 0. The summed E-state index contributed by atoms with van der Waals surface area (Å²) in [6.45, 7) is 8.42. The number of amides is 3. The molecule has 0 spiro atoms. The summed E-state index contributed by atoms with van der Waals surface area (Å²) in [7, 11) is 0. The van der Waals surface area contributed by atoms with E-state index in [1.165, 1.54) is 4.90 Å². The van der Waals surface area contributed by atoms with Crippen molar-refractivity contribution < 1.29 is 9.59 Å². The van der Waals surface area contributed by atoms with Gasteiger partial charge in [-0.1, -0.05) is 43.7 Å². The van der Waals surface area contributed by atoms with Crippen molar-refractivity contribution in [2.24, 2.45) is 11.7 Å². The smallest absolute Gasteiger partial charge is 0.328 e. The van der Waals surface area contributed by atoms with Gasteiger partial charge < -0.3 is 11.1 Å². The van der Waals surface area contributed by atoms with Crippen LogP contribution in [-0.2, 0) is 17.8 Å². The molecule has 0 bridgehead atoms. The van der Waals surface area contributed by atoms with E-state index >= 15 is 0 Å². The molecular formula is C21H26N4O2. The number of imide groups is 1. The zero-order valence-corrected chi connectivity index (χ0v) is 16.3. The van der Waals surface area contributed by atoms with Crippen molar-refractivity contribution in [2.45, 2.75) is 40.7 Å². The predicted octanol–water partition coefficient (Wildman–Crippen LogP) is 3.08. The van der Waals surface area contributed by atoms with Crippen molar-refractivity contribution in [1.29, 1.82) is 0 Å². The number of nitrogens with zero attached hydrogens (tertiary/aromatic N) is 2. The summed E-state index contributed by atoms with van der Waals surface area (Å²) >= 11 is 0. The number of aromatic nitrogens is 1. The molecule has 6 nitrogen and oxygen atoms in total. The Morgan fingerprint density at radius 3 is 2.37 bits per heavy atom. The third kappa shape index (κ3) is 3.57. The minimum absolute atomic E-state index is 0.00266. The first-order valence-electron chi connectivity index (χ1n) is 9.23. The lowest BCUT2D eigenvalue weighted by Gasteiger charge is -2.24. The molecule has 0 saturated carbocycles. The molecule has 1 aromatic heterocycles. The third-order valence-corrected chi connectivity index (χ3v) is 4.75. The number of hydrogen-bond acceptors (Lipinski definition) is 4. The van der Waals surface area contributed by atoms with Gasteiger partial charge in [0.25, 0.3) is 5.91 Å². The normalized spacial score (nSPS) is 14.2. The Bertz CT molecular complexity index is 872. The number of nitrogens with two attached hydrogens (primary N) is 1. The molecule has 1 aliphatic rings. The quantitative estimate of drug-likeness (QED) is 0.796. The summed E-state index contributed by atoms with van der Waals surface area (Å²) in [4.78, 5) is 30.7. The van der Waals surface area contributed by atoms with E-state index in [4.69, 9.17) is 10.7 Å². The van der Waals surface area contributed by atoms with Gasteiger partial charge in [0.1, 0.15) is 0 Å². The lowest BCUT2D eigenvalue weighted by molar-refractivity contribution is -0.115. The third-order valence-electron chi connectivity index (χ3n) is 4.75. The van der Waals surface area contributed by atoms with Gasteiger partial charge in [-0.2, -0.15) is 0 Å². The van der Waals surface area contributed by atoms with Crippen LogP contribution in [0.1, 0.15) is 36.4 Å². The molecule has 142 valence electrons. The van der Waals surface area contributed by atoms with E-state index in [2.05, 4.69) is 19.2 Å². The van der Waals surface area contributed by atoms with Crippen molar-refractivity contribution in [3.63, 3.8) is 0 Å². The van der Waals surface area contributed by atoms with Gasteiger partial charge in [0, 0.05) is 17.8 Å². The molecule has 2 aromatic rings. The highest BCUT2D eigenvalue weighted by molar-refractivity contribution is 6.22. The molecule has 1 saturated heterocycles. The number of carbonyl (C=O) groups excluding carboxylic acids is 2. The molecule has 0 atom stereocenters. The fourth-order valence-corrected chi connectivity index (χ4v) is 3.52. The molecule has 0 unspecified atom stereocenters. The van der Waals surface area contributed by atoms with Gasteiger partial charge in [0.2, 0.25) is 0 Å². The van der Waals surface area contributed by atoms with E-state index < -0.39 is 6.03 Å². The second kappa shape index (κ2) is 7.48. The van der Waals surface area contributed by atoms with Crippen LogP contribution in [0.3, 0.4) is 0 Å². The van der Waals surface area contributed by atoms with Crippen LogP contribution in [0, 0.1) is 19.8 Å². The first-order valence-corrected chi connectivity index (χ1v) is 9.23. The average molecular weight is 366 g/mol. The number of anilines is 1. The minimum atomic E-state index is -0.419. The van der Waals surface area contributed by atoms with E-state index in [-0.39, 0.29) is 19.0 Å². The molecule has 6 heteroatoms. The van der Waals surface area contributed by atoms with E-state index in [0.717, 1.165) is 34.4 Å². The Kier molecular flexibility index (Phi) is 5.28. The van der Waals surface area contributed by atoms with Gasteiger partial charge in [0.05, 0.1) is 17.9 Å². The lowest BCUT2D eigenvalue weighted by atomic mass is 9.92. The van der Waals surface area contributed by atoms with Gasteiger partial charge in [-0.3, -0.25) is 9.78 Å². The highest BCUT2D eigenvalue weighted by Gasteiger charge is 2.35. The molecule has 1 aliphatic heterocycles. The highest BCUT2D eigenvalue weighted by atomic mass is 16.2. The maximum Gasteiger partial charge on any atom is 0.329 e. The number of hydrogen-bond donors (Lipinski definition) is 2. The molecular weight excluding hydrogens is 340 g/mol. The van der Waals surface area contributed by atoms with Crippen LogP contribution in [0.15, 0.2) is 24.3 Å². The fourth-order valence-electron chi connectivity index (χ4n) is 3.52. The molecule has 3 rings (SSSR count). The Morgan fingerprint density at radius 2 is 1.85 bits per heavy atom. The fraction of sp³-hybridized carbons (Fsp3) is 0.381. The number of urea groups is 1. The number of nitrogens with one attached hydrogen (secondary N) is 1. The zero-order chi connectivity index (χ0) is 19.7. The van der Waals surface area contributed by atoms with Gasteiger partial charge in [-0.05, 0) is 37.3 Å². The van der Waals surface area contributed by atoms with E-state index in [0.29, 0.717) is 17.3 Å². The second-order valence-corrected chi connectivity index (χ2v) is 7.40. The van der Waals surface area contributed by atoms with Crippen LogP contribution in [0.25, 0.3) is 11.1 Å². The van der Waals surface area contributed by atoms with Crippen LogP contribution in [0.2, 0.25) is 0 Å². The first-order chi connectivity index (χ1) is 12.8. The highest BCUT2D eigenvalue weighted by Crippen LogP contribution is 2.39. The maximum absolute atomic E-state index is 12.4. The van der Waals surface area contributed by atoms with Gasteiger partial charge in [-0.25, -0.2) is 9.69 Å². The summed E-state index contributed by atoms with van der Waals surface area (Å²) in [6, 6.07) is 7.62. The minimum Gasteiger partial charge on any atom is -0.328 e. The number of benzene rings is 1. The largest absolute Gasteiger partial charge is 0.329 e. The van der Waals surface area contributed by atoms with Crippen LogP contribution < -0.4 is 16.0 Å². The number of aryl methyl sites for hydroxylation is 2. The molecule has 0 radical (unpaired) electrons. The lowest BCUT2D eigenvalue weighted by Crippen LogP contribution is -2.33. The van der Waals surface area contributed by atoms with E-state index in [9.17, 15) is 9.59 Å². The SMILES string of the molecule is Cc1ccc(-c2c(CN)c(CC(C)C)nc(C)c2N2C(=O)CNC2=O)cc1. The molecule has 3 N–H and O–H groups in total. The molecule has 1 aromatic carbocycles. The maximum atomic E-state index is 12.4. The summed E-state index contributed by atoms with van der Waals surface area (Å²) in [5.41, 5.74) is 12.0. The number of carbonyl (C=O) groups is 2. The Labute approximate surface area is 159 Å². The van der Waals surface area contributed by atoms with Crippen molar-refractivity contribution in [3.05, 3.63) is 46.8 Å². The predicted molar refractivity (Wildman–Crippen MR) is 106 cm³/mol. The van der Waals surface area contributed by atoms with Crippen molar-refractivity contribution >= 4 is 17.6 Å². The van der Waals surface area contributed by atoms with Gasteiger partial charge >= 0.3 is 6.03 Å². The molecule has 27 heavy (non-hydrogen) atoms. The van der Waals surface area contributed by atoms with E-state index in [1.807, 2.05) is 38.1 Å². The Morgan fingerprint density at radius 1 is 1.19 bits per heavy atom. The molecule has 1 fully saturated rings. The van der Waals surface area contributed by atoms with Crippen LogP contribution in [-0.4, -0.2) is 23.5 Å². The first kappa shape index (κ1) is 19.0. The summed E-state index contributed by atoms with van der Waals surface area (Å²) in [5, 5.41) is 2.60. The van der Waals surface area contributed by atoms with Gasteiger partial charge in [0.15, 0.2) is 0 Å². The molecule has 3 amide bonds. The summed E-state index contributed by atoms with van der Waals surface area (Å²) in [5.74, 6) is 0.133. The number of rotatable bonds is 5. The van der Waals surface area contributed by atoms with Crippen LogP contribution in [0.4, 0.5) is 10.5 Å². The number of pyridine rings is 1. The molecule has 2 heterocycles. The molecule has 0 aliphatic carbocycles. The second-order valence-electron chi connectivity index (χ2n) is 7.40. The van der Waals surface area contributed by atoms with Crippen molar-refractivity contribution in [1.82, 2.24) is 10.3 Å². The van der Waals surface area contributed by atoms with Crippen LogP contribution >= 0.6 is 0 Å². The standard InChI is InChI=1S/C21H26N4O2/c1-12(2)9-17-16(10-22)19(15-7-5-13(3)6-8-15)20(14(4)24-17)25-18(26)11-23-21(25)27/h5-8,12H,9-11,22H2,1-4H3,(H,23,27). The summed E-state index contributed by atoms with van der Waals surface area (Å²) in [6.07, 6.45) is 0.784. The van der Waals surface area contributed by atoms with E-state index in [1.54, 1.807) is 0 Å². The zero-order valence-electron chi connectivity index (χ0n) is 16.3. The average Bonchev–Trinajstić information content (AvgIpc) is 2.93. The Hall–Kier alpha value is -2.73. The topological polar surface area (TPSA) is 88.3 Å². The van der Waals surface area contributed by atoms with Crippen molar-refractivity contribution in [3.8, 4) is 11.1 Å². The Balaban J connectivity index is 2.33. The van der Waals surface area contributed by atoms with Crippen LogP contribution in [0.5, 0.6) is 0 Å². The van der Waals surface area contributed by atoms with Crippen molar-refractivity contribution in [2.75, 3.05) is 11.4 Å². The van der Waals surface area contributed by atoms with Gasteiger partial charge in [-0.15, -0.1) is 0 Å². The monoisotopic (exact) mass is 366 g/mol.